The van der Waals surface area contributed by atoms with Crippen molar-refractivity contribution in [3.05, 3.63) is 70.8 Å². The molecule has 2 aromatic rings. The third kappa shape index (κ3) is 4.10. The van der Waals surface area contributed by atoms with Gasteiger partial charge in [-0.25, -0.2) is 17.6 Å². The van der Waals surface area contributed by atoms with Crippen molar-refractivity contribution >= 4 is 11.8 Å². The predicted octanol–water partition coefficient (Wildman–Crippen LogP) is 3.28. The molecule has 1 fully saturated rings. The van der Waals surface area contributed by atoms with E-state index >= 15 is 0 Å². The summed E-state index contributed by atoms with van der Waals surface area (Å²) in [6.07, 6.45) is 0.841. The van der Waals surface area contributed by atoms with Crippen LogP contribution in [0, 0.1) is 23.3 Å². The number of rotatable bonds is 3. The van der Waals surface area contributed by atoms with Crippen LogP contribution in [0.3, 0.4) is 0 Å². The summed E-state index contributed by atoms with van der Waals surface area (Å²) in [5.74, 6) is -6.10. The quantitative estimate of drug-likeness (QED) is 0.656. The van der Waals surface area contributed by atoms with Gasteiger partial charge < -0.3 is 10.2 Å². The van der Waals surface area contributed by atoms with Crippen LogP contribution >= 0.6 is 0 Å². The lowest BCUT2D eigenvalue weighted by Gasteiger charge is -2.32. The van der Waals surface area contributed by atoms with Crippen LogP contribution in [0.15, 0.2) is 36.4 Å². The monoisotopic (exact) mass is 380 g/mol. The lowest BCUT2D eigenvalue weighted by molar-refractivity contribution is 0.0697. The fourth-order valence-electron chi connectivity index (χ4n) is 2.97. The van der Waals surface area contributed by atoms with E-state index in [2.05, 4.69) is 5.32 Å². The van der Waals surface area contributed by atoms with Crippen LogP contribution < -0.4 is 5.32 Å². The molecule has 27 heavy (non-hydrogen) atoms. The summed E-state index contributed by atoms with van der Waals surface area (Å²) in [6.45, 7) is 0.697. The maximum Gasteiger partial charge on any atom is 0.254 e. The zero-order valence-electron chi connectivity index (χ0n) is 14.1. The molecule has 0 atom stereocenters. The summed E-state index contributed by atoms with van der Waals surface area (Å²) in [5.41, 5.74) is -0.207. The highest BCUT2D eigenvalue weighted by atomic mass is 19.2. The largest absolute Gasteiger partial charge is 0.349 e. The number of nitrogens with zero attached hydrogens (tertiary/aromatic N) is 1. The van der Waals surface area contributed by atoms with E-state index in [1.54, 1.807) is 4.90 Å². The summed E-state index contributed by atoms with van der Waals surface area (Å²) >= 11 is 0. The van der Waals surface area contributed by atoms with E-state index in [1.807, 2.05) is 0 Å². The van der Waals surface area contributed by atoms with Crippen molar-refractivity contribution < 1.29 is 27.2 Å². The third-order valence-corrected chi connectivity index (χ3v) is 4.49. The van der Waals surface area contributed by atoms with Gasteiger partial charge >= 0.3 is 0 Å². The van der Waals surface area contributed by atoms with E-state index in [9.17, 15) is 27.2 Å². The fraction of sp³-hybridized carbons (Fsp3) is 0.263. The first-order chi connectivity index (χ1) is 12.9. The van der Waals surface area contributed by atoms with E-state index in [1.165, 1.54) is 24.3 Å². The first-order valence-electron chi connectivity index (χ1n) is 8.36. The van der Waals surface area contributed by atoms with Crippen LogP contribution in [-0.2, 0) is 0 Å². The molecule has 1 saturated heterocycles. The van der Waals surface area contributed by atoms with Crippen LogP contribution in [0.1, 0.15) is 33.6 Å². The Morgan fingerprint density at radius 1 is 0.889 bits per heavy atom. The Labute approximate surface area is 152 Å². The maximum absolute atomic E-state index is 13.7. The van der Waals surface area contributed by atoms with Crippen LogP contribution in [0.4, 0.5) is 17.6 Å². The number of carbonyl (C=O) groups excluding carboxylic acids is 2. The number of carbonyl (C=O) groups is 2. The zero-order chi connectivity index (χ0) is 19.6. The molecule has 0 bridgehead atoms. The van der Waals surface area contributed by atoms with Crippen LogP contribution in [0.5, 0.6) is 0 Å². The second-order valence-electron chi connectivity index (χ2n) is 6.27. The molecule has 2 aromatic carbocycles. The topological polar surface area (TPSA) is 49.4 Å². The zero-order valence-corrected chi connectivity index (χ0v) is 14.1. The molecule has 0 aromatic heterocycles. The summed E-state index contributed by atoms with van der Waals surface area (Å²) in [6, 6.07) is 6.46. The van der Waals surface area contributed by atoms with E-state index < -0.39 is 34.7 Å². The second-order valence-corrected chi connectivity index (χ2v) is 6.27. The van der Waals surface area contributed by atoms with Gasteiger partial charge in [-0.15, -0.1) is 0 Å². The standard InChI is InChI=1S/C19H16F4N2O2/c20-12-3-1-11(2-4-12)19(27)25-9-7-13(8-10-25)24-18(26)14-5-6-15(21)17(23)16(14)22/h1-6,13H,7-10H2,(H,24,26). The van der Waals surface area contributed by atoms with Crippen LogP contribution in [-0.4, -0.2) is 35.8 Å². The molecule has 0 radical (unpaired) electrons. The van der Waals surface area contributed by atoms with Crippen molar-refractivity contribution in [1.82, 2.24) is 10.2 Å². The number of nitrogens with one attached hydrogen (secondary N) is 1. The van der Waals surface area contributed by atoms with Gasteiger partial charge in [0.25, 0.3) is 11.8 Å². The second kappa shape index (κ2) is 7.77. The summed E-state index contributed by atoms with van der Waals surface area (Å²) in [5, 5.41) is 2.57. The van der Waals surface area contributed by atoms with Gasteiger partial charge in [0.05, 0.1) is 5.56 Å². The van der Waals surface area contributed by atoms with Gasteiger partial charge in [-0.1, -0.05) is 0 Å². The van der Waals surface area contributed by atoms with E-state index in [-0.39, 0.29) is 11.9 Å². The Hall–Kier alpha value is -2.90. The Morgan fingerprint density at radius 3 is 2.15 bits per heavy atom. The number of hydrogen-bond donors (Lipinski definition) is 1. The average molecular weight is 380 g/mol. The number of piperidine rings is 1. The highest BCUT2D eigenvalue weighted by Gasteiger charge is 2.26. The van der Waals surface area contributed by atoms with Gasteiger partial charge in [0.1, 0.15) is 5.82 Å². The minimum Gasteiger partial charge on any atom is -0.349 e. The first kappa shape index (κ1) is 18.9. The number of amides is 2. The van der Waals surface area contributed by atoms with Gasteiger partial charge in [-0.2, -0.15) is 0 Å². The minimum absolute atomic E-state index is 0.244. The van der Waals surface area contributed by atoms with Crippen molar-refractivity contribution in [3.8, 4) is 0 Å². The number of hydrogen-bond acceptors (Lipinski definition) is 2. The molecule has 1 heterocycles. The fourth-order valence-corrected chi connectivity index (χ4v) is 2.97. The highest BCUT2D eigenvalue weighted by molar-refractivity contribution is 5.95. The SMILES string of the molecule is O=C(NC1CCN(C(=O)c2ccc(F)cc2)CC1)c1ccc(F)c(F)c1F. The third-order valence-electron chi connectivity index (χ3n) is 4.49. The molecule has 1 aliphatic heterocycles. The van der Waals surface area contributed by atoms with Crippen molar-refractivity contribution in [3.63, 3.8) is 0 Å². The summed E-state index contributed by atoms with van der Waals surface area (Å²) < 4.78 is 52.9. The van der Waals surface area contributed by atoms with Crippen LogP contribution in [0.2, 0.25) is 0 Å². The molecule has 0 unspecified atom stereocenters. The molecule has 0 aliphatic carbocycles. The van der Waals surface area contributed by atoms with Gasteiger partial charge in [0.2, 0.25) is 0 Å². The molecule has 0 spiro atoms. The van der Waals surface area contributed by atoms with E-state index in [0.29, 0.717) is 37.6 Å². The number of halogens is 4. The summed E-state index contributed by atoms with van der Waals surface area (Å²) in [7, 11) is 0. The molecule has 142 valence electrons. The predicted molar refractivity (Wildman–Crippen MR) is 89.1 cm³/mol. The minimum atomic E-state index is -1.69. The van der Waals surface area contributed by atoms with Gasteiger partial charge in [0.15, 0.2) is 17.5 Å². The van der Waals surface area contributed by atoms with Gasteiger partial charge in [-0.05, 0) is 49.2 Å². The molecule has 0 saturated carbocycles. The van der Waals surface area contributed by atoms with Gasteiger partial charge in [-0.3, -0.25) is 9.59 Å². The maximum atomic E-state index is 13.7. The molecular weight excluding hydrogens is 364 g/mol. The smallest absolute Gasteiger partial charge is 0.254 e. The lowest BCUT2D eigenvalue weighted by atomic mass is 10.0. The van der Waals surface area contributed by atoms with Crippen molar-refractivity contribution in [2.75, 3.05) is 13.1 Å². The molecular formula is C19H16F4N2O2. The molecule has 8 heteroatoms. The van der Waals surface area contributed by atoms with E-state index in [4.69, 9.17) is 0 Å². The highest BCUT2D eigenvalue weighted by Crippen LogP contribution is 2.18. The molecule has 3 rings (SSSR count). The number of likely N-dealkylation sites (tertiary alicyclic amines) is 1. The van der Waals surface area contributed by atoms with Gasteiger partial charge in [0, 0.05) is 24.7 Å². The van der Waals surface area contributed by atoms with E-state index in [0.717, 1.165) is 6.07 Å². The Kier molecular flexibility index (Phi) is 5.43. The van der Waals surface area contributed by atoms with Crippen LogP contribution in [0.25, 0.3) is 0 Å². The normalized spacial score (nSPS) is 14.9. The molecule has 2 amide bonds. The Balaban J connectivity index is 1.58. The Morgan fingerprint density at radius 2 is 1.52 bits per heavy atom. The lowest BCUT2D eigenvalue weighted by Crippen LogP contribution is -2.46. The summed E-state index contributed by atoms with van der Waals surface area (Å²) in [4.78, 5) is 26.1. The number of benzene rings is 2. The Bertz CT molecular complexity index is 863. The van der Waals surface area contributed by atoms with Crippen molar-refractivity contribution in [2.45, 2.75) is 18.9 Å². The van der Waals surface area contributed by atoms with Crippen molar-refractivity contribution in [1.29, 1.82) is 0 Å². The van der Waals surface area contributed by atoms with Crippen molar-refractivity contribution in [2.24, 2.45) is 0 Å². The molecule has 1 N–H and O–H groups in total. The molecule has 1 aliphatic rings. The first-order valence-corrected chi connectivity index (χ1v) is 8.36. The average Bonchev–Trinajstić information content (AvgIpc) is 2.67. The molecule has 4 nitrogen and oxygen atoms in total.